The number of anilines is 1. The normalized spacial score (nSPS) is 10.5. The molecular formula is C19H18ClN5O2. The molecule has 0 saturated heterocycles. The minimum absolute atomic E-state index is 0.194. The van der Waals surface area contributed by atoms with E-state index in [1.807, 2.05) is 0 Å². The van der Waals surface area contributed by atoms with E-state index < -0.39 is 5.91 Å². The van der Waals surface area contributed by atoms with Gasteiger partial charge in [-0.2, -0.15) is 9.90 Å². The predicted molar refractivity (Wildman–Crippen MR) is 104 cm³/mol. The van der Waals surface area contributed by atoms with E-state index in [9.17, 15) is 9.59 Å². The molecule has 0 spiro atoms. The number of halogens is 1. The monoisotopic (exact) mass is 383 g/mol. The minimum atomic E-state index is -0.405. The van der Waals surface area contributed by atoms with E-state index >= 15 is 0 Å². The number of rotatable bonds is 4. The summed E-state index contributed by atoms with van der Waals surface area (Å²) in [6, 6.07) is 12.2. The van der Waals surface area contributed by atoms with Crippen molar-refractivity contribution in [1.29, 1.82) is 0 Å². The lowest BCUT2D eigenvalue weighted by atomic mass is 10.1. The van der Waals surface area contributed by atoms with E-state index in [1.165, 1.54) is 4.80 Å². The summed E-state index contributed by atoms with van der Waals surface area (Å²) >= 11 is 6.00. The summed E-state index contributed by atoms with van der Waals surface area (Å²) in [5.74, 6) is -0.621. The topological polar surface area (TPSA) is 88.9 Å². The maximum Gasteiger partial charge on any atom is 0.278 e. The van der Waals surface area contributed by atoms with Crippen molar-refractivity contribution in [2.75, 3.05) is 12.4 Å². The van der Waals surface area contributed by atoms with Gasteiger partial charge in [-0.3, -0.25) is 9.59 Å². The number of carbonyl (C=O) groups is 2. The van der Waals surface area contributed by atoms with E-state index in [1.54, 1.807) is 63.4 Å². The molecule has 8 heteroatoms. The summed E-state index contributed by atoms with van der Waals surface area (Å²) in [6.07, 6.45) is 0. The van der Waals surface area contributed by atoms with Crippen molar-refractivity contribution in [2.24, 2.45) is 0 Å². The van der Waals surface area contributed by atoms with Crippen LogP contribution >= 0.6 is 11.6 Å². The molecule has 138 valence electrons. The average molecular weight is 384 g/mol. The van der Waals surface area contributed by atoms with Crippen LogP contribution in [0.5, 0.6) is 0 Å². The molecule has 2 amide bonds. The second-order valence-electron chi connectivity index (χ2n) is 5.91. The van der Waals surface area contributed by atoms with Crippen LogP contribution in [0.1, 0.15) is 32.1 Å². The molecule has 0 atom stereocenters. The summed E-state index contributed by atoms with van der Waals surface area (Å²) in [5.41, 5.74) is 3.03. The highest BCUT2D eigenvalue weighted by Crippen LogP contribution is 2.20. The molecule has 7 nitrogen and oxygen atoms in total. The van der Waals surface area contributed by atoms with Crippen molar-refractivity contribution in [3.8, 4) is 5.69 Å². The Morgan fingerprint density at radius 3 is 2.48 bits per heavy atom. The van der Waals surface area contributed by atoms with Gasteiger partial charge in [-0.1, -0.05) is 23.7 Å². The molecule has 0 fully saturated rings. The lowest BCUT2D eigenvalue weighted by Crippen LogP contribution is -2.20. The third kappa shape index (κ3) is 3.83. The molecule has 0 aliphatic rings. The molecule has 0 aliphatic heterocycles. The highest BCUT2D eigenvalue weighted by molar-refractivity contribution is 6.30. The molecular weight excluding hydrogens is 366 g/mol. The molecule has 3 rings (SSSR count). The fourth-order valence-electron chi connectivity index (χ4n) is 2.64. The largest absolute Gasteiger partial charge is 0.355 e. The van der Waals surface area contributed by atoms with Gasteiger partial charge in [-0.15, -0.1) is 5.10 Å². The second-order valence-corrected chi connectivity index (χ2v) is 6.35. The summed E-state index contributed by atoms with van der Waals surface area (Å²) in [4.78, 5) is 26.0. The zero-order valence-corrected chi connectivity index (χ0v) is 15.8. The standard InChI is InChI=1S/C19H18ClN5O2/c1-11-15(18(26)21-3)8-5-9-16(11)22-19(27)17-12(2)23-25(24-17)14-7-4-6-13(20)10-14/h4-10H,1-3H3,(H,21,26)(H,22,27). The minimum Gasteiger partial charge on any atom is -0.355 e. The van der Waals surface area contributed by atoms with Crippen LogP contribution in [0.3, 0.4) is 0 Å². The smallest absolute Gasteiger partial charge is 0.278 e. The molecule has 2 N–H and O–H groups in total. The summed E-state index contributed by atoms with van der Waals surface area (Å²) in [6.45, 7) is 3.48. The third-order valence-electron chi connectivity index (χ3n) is 4.09. The second kappa shape index (κ2) is 7.59. The predicted octanol–water partition coefficient (Wildman–Crippen LogP) is 3.15. The van der Waals surface area contributed by atoms with Crippen LogP contribution in [0.15, 0.2) is 42.5 Å². The van der Waals surface area contributed by atoms with Crippen LogP contribution in [0, 0.1) is 13.8 Å². The van der Waals surface area contributed by atoms with Gasteiger partial charge in [0.2, 0.25) is 0 Å². The Hall–Kier alpha value is -3.19. The maximum absolute atomic E-state index is 12.7. The number of nitrogens with zero attached hydrogens (tertiary/aromatic N) is 3. The molecule has 2 aromatic carbocycles. The van der Waals surface area contributed by atoms with Crippen LogP contribution in [0.4, 0.5) is 5.69 Å². The maximum atomic E-state index is 12.7. The number of hydrogen-bond donors (Lipinski definition) is 2. The van der Waals surface area contributed by atoms with E-state index in [0.29, 0.717) is 33.2 Å². The average Bonchev–Trinajstić information content (AvgIpc) is 3.05. The Kier molecular flexibility index (Phi) is 5.23. The van der Waals surface area contributed by atoms with Gasteiger partial charge in [0.05, 0.1) is 11.4 Å². The van der Waals surface area contributed by atoms with Gasteiger partial charge in [-0.25, -0.2) is 0 Å². The van der Waals surface area contributed by atoms with Gasteiger partial charge < -0.3 is 10.6 Å². The van der Waals surface area contributed by atoms with Gasteiger partial charge >= 0.3 is 0 Å². The number of aromatic nitrogens is 3. The molecule has 0 saturated carbocycles. The Morgan fingerprint density at radius 2 is 1.78 bits per heavy atom. The van der Waals surface area contributed by atoms with Crippen molar-refractivity contribution in [2.45, 2.75) is 13.8 Å². The van der Waals surface area contributed by atoms with Gasteiger partial charge in [0.1, 0.15) is 0 Å². The van der Waals surface area contributed by atoms with Crippen LogP contribution in [0.25, 0.3) is 5.69 Å². The van der Waals surface area contributed by atoms with Gasteiger partial charge in [0, 0.05) is 23.3 Å². The fourth-order valence-corrected chi connectivity index (χ4v) is 2.82. The highest BCUT2D eigenvalue weighted by atomic mass is 35.5. The summed E-state index contributed by atoms with van der Waals surface area (Å²) in [7, 11) is 1.56. The van der Waals surface area contributed by atoms with Crippen molar-refractivity contribution < 1.29 is 9.59 Å². The summed E-state index contributed by atoms with van der Waals surface area (Å²) in [5, 5.41) is 14.5. The van der Waals surface area contributed by atoms with Crippen LogP contribution in [0.2, 0.25) is 5.02 Å². The molecule has 1 aromatic heterocycles. The Morgan fingerprint density at radius 1 is 1.04 bits per heavy atom. The number of hydrogen-bond acceptors (Lipinski definition) is 4. The van der Waals surface area contributed by atoms with E-state index in [4.69, 9.17) is 11.6 Å². The van der Waals surface area contributed by atoms with Gasteiger partial charge in [-0.05, 0) is 49.7 Å². The summed E-state index contributed by atoms with van der Waals surface area (Å²) < 4.78 is 0. The number of carbonyl (C=O) groups excluding carboxylic acids is 2. The fraction of sp³-hybridized carbons (Fsp3) is 0.158. The molecule has 0 radical (unpaired) electrons. The van der Waals surface area contributed by atoms with Gasteiger partial charge in [0.15, 0.2) is 5.69 Å². The molecule has 27 heavy (non-hydrogen) atoms. The molecule has 0 aliphatic carbocycles. The number of nitrogens with one attached hydrogen (secondary N) is 2. The van der Waals surface area contributed by atoms with E-state index in [0.717, 1.165) is 0 Å². The van der Waals surface area contributed by atoms with Gasteiger partial charge in [0.25, 0.3) is 11.8 Å². The molecule has 0 bridgehead atoms. The first-order valence-electron chi connectivity index (χ1n) is 8.23. The molecule has 0 unspecified atom stereocenters. The first kappa shape index (κ1) is 18.6. The Labute approximate surface area is 161 Å². The number of aryl methyl sites for hydroxylation is 1. The third-order valence-corrected chi connectivity index (χ3v) is 4.33. The number of benzene rings is 2. The highest BCUT2D eigenvalue weighted by Gasteiger charge is 2.18. The quantitative estimate of drug-likeness (QED) is 0.724. The first-order chi connectivity index (χ1) is 12.9. The SMILES string of the molecule is CNC(=O)c1cccc(NC(=O)c2nn(-c3cccc(Cl)c3)nc2C)c1C. The Bertz CT molecular complexity index is 1030. The zero-order chi connectivity index (χ0) is 19.6. The lowest BCUT2D eigenvalue weighted by molar-refractivity contribution is 0.0960. The van der Waals surface area contributed by atoms with Crippen LogP contribution < -0.4 is 10.6 Å². The van der Waals surface area contributed by atoms with Crippen LogP contribution in [-0.4, -0.2) is 33.9 Å². The molecule has 1 heterocycles. The Balaban J connectivity index is 1.89. The van der Waals surface area contributed by atoms with Crippen molar-refractivity contribution in [3.05, 3.63) is 70.0 Å². The van der Waals surface area contributed by atoms with Crippen molar-refractivity contribution in [3.63, 3.8) is 0 Å². The van der Waals surface area contributed by atoms with Crippen molar-refractivity contribution >= 4 is 29.1 Å². The number of amides is 2. The lowest BCUT2D eigenvalue weighted by Gasteiger charge is -2.11. The van der Waals surface area contributed by atoms with Crippen molar-refractivity contribution in [1.82, 2.24) is 20.3 Å². The first-order valence-corrected chi connectivity index (χ1v) is 8.61. The zero-order valence-electron chi connectivity index (χ0n) is 15.1. The van der Waals surface area contributed by atoms with E-state index in [2.05, 4.69) is 20.8 Å². The van der Waals surface area contributed by atoms with E-state index in [-0.39, 0.29) is 11.6 Å². The molecule has 3 aromatic rings. The van der Waals surface area contributed by atoms with Crippen LogP contribution in [-0.2, 0) is 0 Å².